The SMILES string of the molecule is COc1cc(C)c(S(=O)(=O)N(C)CCOCC(=O)N(C)C[C@H]2CC[C@H](NC(=O)CCN3CCCC3)CC2)c(C)c1. The number of nitrogens with one attached hydrogen (secondary N) is 1. The molecule has 40 heavy (non-hydrogen) atoms. The maximum atomic E-state index is 13.1. The lowest BCUT2D eigenvalue weighted by Gasteiger charge is -2.32. The average Bonchev–Trinajstić information content (AvgIpc) is 3.44. The molecule has 0 atom stereocenters. The number of amides is 2. The molecule has 11 heteroatoms. The van der Waals surface area contributed by atoms with Crippen LogP contribution in [-0.4, -0.2) is 108 Å². The van der Waals surface area contributed by atoms with Gasteiger partial charge in [-0.15, -0.1) is 0 Å². The molecule has 226 valence electrons. The fraction of sp³-hybridized carbons (Fsp3) is 0.724. The normalized spacial score (nSPS) is 20.1. The van der Waals surface area contributed by atoms with Gasteiger partial charge in [-0.25, -0.2) is 8.42 Å². The zero-order chi connectivity index (χ0) is 29.3. The molecule has 0 unspecified atom stereocenters. The second-order valence-corrected chi connectivity index (χ2v) is 13.3. The quantitative estimate of drug-likeness (QED) is 0.337. The lowest BCUT2D eigenvalue weighted by molar-refractivity contribution is -0.135. The molecule has 2 fully saturated rings. The van der Waals surface area contributed by atoms with Crippen molar-refractivity contribution in [2.24, 2.45) is 5.92 Å². The van der Waals surface area contributed by atoms with E-state index < -0.39 is 10.0 Å². The highest BCUT2D eigenvalue weighted by Crippen LogP contribution is 2.28. The first-order valence-corrected chi connectivity index (χ1v) is 15.9. The largest absolute Gasteiger partial charge is 0.497 e. The molecular formula is C29H48N4O6S. The van der Waals surface area contributed by atoms with Gasteiger partial charge in [0.05, 0.1) is 18.6 Å². The van der Waals surface area contributed by atoms with Gasteiger partial charge in [0, 0.05) is 46.2 Å². The van der Waals surface area contributed by atoms with Crippen molar-refractivity contribution in [1.82, 2.24) is 19.4 Å². The monoisotopic (exact) mass is 580 g/mol. The van der Waals surface area contributed by atoms with E-state index in [1.807, 2.05) is 0 Å². The first-order valence-electron chi connectivity index (χ1n) is 14.5. The van der Waals surface area contributed by atoms with Crippen molar-refractivity contribution in [3.8, 4) is 5.75 Å². The molecule has 1 aliphatic heterocycles. The Bertz CT molecular complexity index is 1070. The van der Waals surface area contributed by atoms with Crippen molar-refractivity contribution in [2.45, 2.75) is 69.7 Å². The summed E-state index contributed by atoms with van der Waals surface area (Å²) in [6, 6.07) is 3.64. The van der Waals surface area contributed by atoms with E-state index in [1.165, 1.54) is 24.2 Å². The standard InChI is InChI=1S/C29H48N4O6S/c1-22-18-26(38-5)19-23(2)29(22)40(36,37)32(4)16-17-39-21-28(35)31(3)20-24-8-10-25(11-9-24)30-27(34)12-15-33-13-6-7-14-33/h18-19,24-25H,6-17,20-21H2,1-5H3,(H,30,34)/t24-,25-. The first-order chi connectivity index (χ1) is 19.0. The lowest BCUT2D eigenvalue weighted by Crippen LogP contribution is -2.41. The van der Waals surface area contributed by atoms with Crippen molar-refractivity contribution in [3.05, 3.63) is 23.3 Å². The fourth-order valence-electron chi connectivity index (χ4n) is 5.72. The number of hydrogen-bond acceptors (Lipinski definition) is 7. The van der Waals surface area contributed by atoms with Crippen LogP contribution in [-0.2, 0) is 24.3 Å². The van der Waals surface area contributed by atoms with Gasteiger partial charge in [-0.3, -0.25) is 9.59 Å². The van der Waals surface area contributed by atoms with Gasteiger partial charge in [-0.05, 0) is 94.6 Å². The number of benzene rings is 1. The molecule has 0 aromatic heterocycles. The number of likely N-dealkylation sites (tertiary alicyclic amines) is 1. The average molecular weight is 581 g/mol. The van der Waals surface area contributed by atoms with E-state index in [2.05, 4.69) is 10.2 Å². The van der Waals surface area contributed by atoms with E-state index in [-0.39, 0.29) is 42.5 Å². The van der Waals surface area contributed by atoms with Crippen LogP contribution in [0.1, 0.15) is 56.1 Å². The molecule has 1 saturated heterocycles. The third-order valence-corrected chi connectivity index (χ3v) is 10.3. The van der Waals surface area contributed by atoms with E-state index >= 15 is 0 Å². The molecule has 0 radical (unpaired) electrons. The summed E-state index contributed by atoms with van der Waals surface area (Å²) in [4.78, 5) is 29.3. The number of rotatable bonds is 14. The van der Waals surface area contributed by atoms with E-state index in [0.29, 0.717) is 35.8 Å². The number of carbonyl (C=O) groups is 2. The summed E-state index contributed by atoms with van der Waals surface area (Å²) in [6.45, 7) is 7.39. The number of methoxy groups -OCH3 is 1. The third kappa shape index (κ3) is 9.15. The predicted octanol–water partition coefficient (Wildman–Crippen LogP) is 2.57. The van der Waals surface area contributed by atoms with Gasteiger partial charge in [0.25, 0.3) is 0 Å². The molecular weight excluding hydrogens is 532 g/mol. The summed E-state index contributed by atoms with van der Waals surface area (Å²) >= 11 is 0. The molecule has 1 aromatic carbocycles. The zero-order valence-electron chi connectivity index (χ0n) is 24.9. The molecule has 10 nitrogen and oxygen atoms in total. The van der Waals surface area contributed by atoms with Crippen molar-refractivity contribution in [3.63, 3.8) is 0 Å². The topological polar surface area (TPSA) is 108 Å². The molecule has 2 amide bonds. The zero-order valence-corrected chi connectivity index (χ0v) is 25.7. The van der Waals surface area contributed by atoms with E-state index in [4.69, 9.17) is 9.47 Å². The van der Waals surface area contributed by atoms with Crippen molar-refractivity contribution >= 4 is 21.8 Å². The summed E-state index contributed by atoms with van der Waals surface area (Å²) in [6.07, 6.45) is 6.87. The van der Waals surface area contributed by atoms with Crippen LogP contribution in [0.25, 0.3) is 0 Å². The number of sulfonamides is 1. The summed E-state index contributed by atoms with van der Waals surface area (Å²) in [5, 5.41) is 3.20. The molecule has 1 N–H and O–H groups in total. The van der Waals surface area contributed by atoms with E-state index in [1.54, 1.807) is 45.0 Å². The van der Waals surface area contributed by atoms with Gasteiger partial charge in [-0.1, -0.05) is 0 Å². The van der Waals surface area contributed by atoms with Gasteiger partial charge in [-0.2, -0.15) is 4.31 Å². The fourth-order valence-corrected chi connectivity index (χ4v) is 7.28. The summed E-state index contributed by atoms with van der Waals surface area (Å²) in [7, 11) is 1.14. The third-order valence-electron chi connectivity index (χ3n) is 8.14. The highest BCUT2D eigenvalue weighted by atomic mass is 32.2. The Balaban J connectivity index is 1.33. The Labute approximate surface area is 240 Å². The minimum atomic E-state index is -3.71. The minimum Gasteiger partial charge on any atom is -0.497 e. The highest BCUT2D eigenvalue weighted by Gasteiger charge is 2.27. The predicted molar refractivity (Wildman–Crippen MR) is 155 cm³/mol. The van der Waals surface area contributed by atoms with Crippen LogP contribution >= 0.6 is 0 Å². The number of aryl methyl sites for hydroxylation is 2. The number of hydrogen-bond donors (Lipinski definition) is 1. The van der Waals surface area contributed by atoms with Crippen LogP contribution in [0.15, 0.2) is 17.0 Å². The van der Waals surface area contributed by atoms with Crippen molar-refractivity contribution in [1.29, 1.82) is 0 Å². The van der Waals surface area contributed by atoms with Crippen LogP contribution in [0, 0.1) is 19.8 Å². The van der Waals surface area contributed by atoms with Crippen molar-refractivity contribution < 1.29 is 27.5 Å². The Morgan fingerprint density at radius 1 is 1.05 bits per heavy atom. The second-order valence-electron chi connectivity index (χ2n) is 11.3. The first kappa shape index (κ1) is 32.3. The number of nitrogens with zero attached hydrogens (tertiary/aromatic N) is 3. The highest BCUT2D eigenvalue weighted by molar-refractivity contribution is 7.89. The summed E-state index contributed by atoms with van der Waals surface area (Å²) in [5.74, 6) is 1.04. The van der Waals surface area contributed by atoms with Crippen LogP contribution in [0.2, 0.25) is 0 Å². The van der Waals surface area contributed by atoms with Crippen LogP contribution < -0.4 is 10.1 Å². The summed E-state index contributed by atoms with van der Waals surface area (Å²) in [5.41, 5.74) is 1.24. The Hall–Kier alpha value is -2.21. The Morgan fingerprint density at radius 2 is 1.68 bits per heavy atom. The molecule has 1 aromatic rings. The molecule has 1 aliphatic carbocycles. The molecule has 0 spiro atoms. The molecule has 2 aliphatic rings. The van der Waals surface area contributed by atoms with Crippen LogP contribution in [0.5, 0.6) is 5.75 Å². The molecule has 1 saturated carbocycles. The van der Waals surface area contributed by atoms with Gasteiger partial charge < -0.3 is 24.6 Å². The maximum absolute atomic E-state index is 13.1. The summed E-state index contributed by atoms with van der Waals surface area (Å²) < 4.78 is 38.3. The van der Waals surface area contributed by atoms with Gasteiger partial charge in [0.1, 0.15) is 12.4 Å². The van der Waals surface area contributed by atoms with Crippen LogP contribution in [0.4, 0.5) is 0 Å². The van der Waals surface area contributed by atoms with Gasteiger partial charge in [0.15, 0.2) is 0 Å². The second kappa shape index (κ2) is 15.1. The Morgan fingerprint density at radius 3 is 2.27 bits per heavy atom. The van der Waals surface area contributed by atoms with Crippen molar-refractivity contribution in [2.75, 3.05) is 67.1 Å². The number of likely N-dealkylation sites (N-methyl/N-ethyl adjacent to an activating group) is 2. The minimum absolute atomic E-state index is 0.0899. The van der Waals surface area contributed by atoms with Crippen LogP contribution in [0.3, 0.4) is 0 Å². The van der Waals surface area contributed by atoms with Gasteiger partial charge >= 0.3 is 0 Å². The Kier molecular flexibility index (Phi) is 12.2. The van der Waals surface area contributed by atoms with E-state index in [9.17, 15) is 18.0 Å². The maximum Gasteiger partial charge on any atom is 0.248 e. The van der Waals surface area contributed by atoms with Gasteiger partial charge in [0.2, 0.25) is 21.8 Å². The number of carbonyl (C=O) groups excluding carboxylic acids is 2. The molecule has 3 rings (SSSR count). The van der Waals surface area contributed by atoms with E-state index in [0.717, 1.165) is 45.3 Å². The number of ether oxygens (including phenoxy) is 2. The smallest absolute Gasteiger partial charge is 0.248 e. The molecule has 0 bridgehead atoms. The molecule has 1 heterocycles. The lowest BCUT2D eigenvalue weighted by atomic mass is 9.85.